The van der Waals surface area contributed by atoms with Gasteiger partial charge in [-0.1, -0.05) is 36.4 Å². The Labute approximate surface area is 146 Å². The van der Waals surface area contributed by atoms with E-state index in [9.17, 15) is 9.18 Å². The van der Waals surface area contributed by atoms with E-state index >= 15 is 0 Å². The molecule has 1 aromatic heterocycles. The molecule has 3 nitrogen and oxygen atoms in total. The Morgan fingerprint density at radius 3 is 2.56 bits per heavy atom. The van der Waals surface area contributed by atoms with Gasteiger partial charge in [-0.05, 0) is 42.3 Å². The van der Waals surface area contributed by atoms with Crippen molar-refractivity contribution in [1.29, 1.82) is 0 Å². The second kappa shape index (κ2) is 6.20. The molecule has 0 spiro atoms. The maximum atomic E-state index is 14.2. The SMILES string of the molecule is Cc1ccccc1C1c2cccn2CCN1C(=O)c1ccccc1F. The van der Waals surface area contributed by atoms with Crippen LogP contribution in [0.3, 0.4) is 0 Å². The Morgan fingerprint density at radius 2 is 1.76 bits per heavy atom. The number of benzene rings is 2. The van der Waals surface area contributed by atoms with Gasteiger partial charge in [0.2, 0.25) is 0 Å². The lowest BCUT2D eigenvalue weighted by atomic mass is 9.95. The molecule has 1 amide bonds. The lowest BCUT2D eigenvalue weighted by Crippen LogP contribution is -2.42. The summed E-state index contributed by atoms with van der Waals surface area (Å²) < 4.78 is 16.4. The molecule has 1 unspecified atom stereocenters. The first-order valence-electron chi connectivity index (χ1n) is 8.43. The zero-order valence-electron chi connectivity index (χ0n) is 14.0. The van der Waals surface area contributed by atoms with E-state index in [1.54, 1.807) is 23.1 Å². The van der Waals surface area contributed by atoms with Gasteiger partial charge in [-0.3, -0.25) is 4.79 Å². The minimum absolute atomic E-state index is 0.126. The minimum atomic E-state index is -0.475. The van der Waals surface area contributed by atoms with Gasteiger partial charge in [-0.15, -0.1) is 0 Å². The first kappa shape index (κ1) is 15.6. The fourth-order valence-electron chi connectivity index (χ4n) is 3.61. The highest BCUT2D eigenvalue weighted by Crippen LogP contribution is 2.35. The van der Waals surface area contributed by atoms with E-state index in [0.717, 1.165) is 16.8 Å². The molecule has 0 N–H and O–H groups in total. The van der Waals surface area contributed by atoms with Gasteiger partial charge in [-0.2, -0.15) is 0 Å². The third-order valence-electron chi connectivity index (χ3n) is 4.89. The van der Waals surface area contributed by atoms with E-state index in [2.05, 4.69) is 4.57 Å². The number of amides is 1. The van der Waals surface area contributed by atoms with Gasteiger partial charge < -0.3 is 9.47 Å². The average Bonchev–Trinajstić information content (AvgIpc) is 3.10. The number of aryl methyl sites for hydroxylation is 1. The summed E-state index contributed by atoms with van der Waals surface area (Å²) in [6.45, 7) is 3.31. The highest BCUT2D eigenvalue weighted by molar-refractivity contribution is 5.95. The van der Waals surface area contributed by atoms with Gasteiger partial charge in [0, 0.05) is 25.0 Å². The minimum Gasteiger partial charge on any atom is -0.348 e. The molecule has 0 saturated carbocycles. The first-order chi connectivity index (χ1) is 12.2. The molecule has 1 atom stereocenters. The molecular weight excluding hydrogens is 315 g/mol. The summed E-state index contributed by atoms with van der Waals surface area (Å²) in [6.07, 6.45) is 2.03. The van der Waals surface area contributed by atoms with E-state index in [0.29, 0.717) is 13.1 Å². The van der Waals surface area contributed by atoms with E-state index in [1.807, 2.05) is 49.5 Å². The largest absolute Gasteiger partial charge is 0.348 e. The second-order valence-electron chi connectivity index (χ2n) is 6.36. The summed E-state index contributed by atoms with van der Waals surface area (Å²) in [7, 11) is 0. The van der Waals surface area contributed by atoms with Gasteiger partial charge in [0.25, 0.3) is 5.91 Å². The van der Waals surface area contributed by atoms with Gasteiger partial charge in [0.15, 0.2) is 0 Å². The van der Waals surface area contributed by atoms with Crippen LogP contribution in [0.5, 0.6) is 0 Å². The van der Waals surface area contributed by atoms with Crippen LogP contribution in [0.4, 0.5) is 4.39 Å². The molecule has 2 heterocycles. The number of fused-ring (bicyclic) bond motifs is 1. The van der Waals surface area contributed by atoms with Crippen LogP contribution in [-0.4, -0.2) is 21.9 Å². The molecule has 4 rings (SSSR count). The van der Waals surface area contributed by atoms with Crippen LogP contribution in [0.2, 0.25) is 0 Å². The molecule has 1 aliphatic rings. The van der Waals surface area contributed by atoms with Crippen molar-refractivity contribution in [3.05, 3.63) is 95.1 Å². The smallest absolute Gasteiger partial charge is 0.257 e. The number of nitrogens with zero attached hydrogens (tertiary/aromatic N) is 2. The summed E-state index contributed by atoms with van der Waals surface area (Å²) in [5, 5.41) is 0. The highest BCUT2D eigenvalue weighted by atomic mass is 19.1. The van der Waals surface area contributed by atoms with Gasteiger partial charge in [0.1, 0.15) is 5.82 Å². The van der Waals surface area contributed by atoms with Crippen molar-refractivity contribution < 1.29 is 9.18 Å². The van der Waals surface area contributed by atoms with Crippen molar-refractivity contribution in [1.82, 2.24) is 9.47 Å². The maximum absolute atomic E-state index is 14.2. The fraction of sp³-hybridized carbons (Fsp3) is 0.190. The topological polar surface area (TPSA) is 25.2 Å². The molecule has 4 heteroatoms. The van der Waals surface area contributed by atoms with Crippen molar-refractivity contribution in [2.45, 2.75) is 19.5 Å². The number of hydrogen-bond donors (Lipinski definition) is 0. The van der Waals surface area contributed by atoms with E-state index in [-0.39, 0.29) is 17.5 Å². The predicted octanol–water partition coefficient (Wildman–Crippen LogP) is 4.18. The zero-order chi connectivity index (χ0) is 17.4. The van der Waals surface area contributed by atoms with Crippen molar-refractivity contribution >= 4 is 5.91 Å². The van der Waals surface area contributed by atoms with E-state index in [1.165, 1.54) is 6.07 Å². The Kier molecular flexibility index (Phi) is 3.88. The molecule has 0 radical (unpaired) electrons. The summed E-state index contributed by atoms with van der Waals surface area (Å²) >= 11 is 0. The Bertz CT molecular complexity index is 931. The molecular formula is C21H19FN2O. The molecule has 3 aromatic rings. The van der Waals surface area contributed by atoms with Crippen molar-refractivity contribution in [2.24, 2.45) is 0 Å². The summed E-state index contributed by atoms with van der Waals surface area (Å²) in [5.41, 5.74) is 3.38. The number of aromatic nitrogens is 1. The van der Waals surface area contributed by atoms with Crippen molar-refractivity contribution in [2.75, 3.05) is 6.54 Å². The van der Waals surface area contributed by atoms with Crippen LogP contribution in [0.1, 0.15) is 33.2 Å². The van der Waals surface area contributed by atoms with Gasteiger partial charge in [0.05, 0.1) is 11.6 Å². The molecule has 126 valence electrons. The van der Waals surface area contributed by atoms with E-state index in [4.69, 9.17) is 0 Å². The standard InChI is InChI=1S/C21H19FN2O/c1-15-7-2-3-8-16(15)20-19-11-6-12-23(19)13-14-24(20)21(25)17-9-4-5-10-18(17)22/h2-12,20H,13-14H2,1H3. The van der Waals surface area contributed by atoms with Crippen LogP contribution in [-0.2, 0) is 6.54 Å². The third-order valence-corrected chi connectivity index (χ3v) is 4.89. The molecule has 1 aliphatic heterocycles. The molecule has 0 aliphatic carbocycles. The molecule has 2 aromatic carbocycles. The van der Waals surface area contributed by atoms with Crippen LogP contribution >= 0.6 is 0 Å². The van der Waals surface area contributed by atoms with Crippen molar-refractivity contribution in [3.8, 4) is 0 Å². The first-order valence-corrected chi connectivity index (χ1v) is 8.43. The molecule has 0 bridgehead atoms. The van der Waals surface area contributed by atoms with Crippen LogP contribution < -0.4 is 0 Å². The van der Waals surface area contributed by atoms with Crippen LogP contribution in [0.15, 0.2) is 66.9 Å². The lowest BCUT2D eigenvalue weighted by molar-refractivity contribution is 0.0659. The molecule has 0 saturated heterocycles. The summed E-state index contributed by atoms with van der Waals surface area (Å²) in [4.78, 5) is 14.9. The number of carbonyl (C=O) groups excluding carboxylic acids is 1. The van der Waals surface area contributed by atoms with Gasteiger partial charge >= 0.3 is 0 Å². The maximum Gasteiger partial charge on any atom is 0.257 e. The molecule has 25 heavy (non-hydrogen) atoms. The molecule has 0 fully saturated rings. The number of hydrogen-bond acceptors (Lipinski definition) is 1. The lowest BCUT2D eigenvalue weighted by Gasteiger charge is -2.38. The highest BCUT2D eigenvalue weighted by Gasteiger charge is 2.34. The third kappa shape index (κ3) is 2.64. The Morgan fingerprint density at radius 1 is 1.00 bits per heavy atom. The normalized spacial score (nSPS) is 16.6. The average molecular weight is 334 g/mol. The Balaban J connectivity index is 1.83. The van der Waals surface area contributed by atoms with Gasteiger partial charge in [-0.25, -0.2) is 4.39 Å². The quantitative estimate of drug-likeness (QED) is 0.690. The monoisotopic (exact) mass is 334 g/mol. The second-order valence-corrected chi connectivity index (χ2v) is 6.36. The number of halogens is 1. The number of carbonyl (C=O) groups is 1. The van der Waals surface area contributed by atoms with E-state index < -0.39 is 5.82 Å². The summed E-state index contributed by atoms with van der Waals surface area (Å²) in [5.74, 6) is -0.740. The fourth-order valence-corrected chi connectivity index (χ4v) is 3.61. The zero-order valence-corrected chi connectivity index (χ0v) is 14.0. The summed E-state index contributed by atoms with van der Waals surface area (Å²) in [6, 6.07) is 18.1. The Hall–Kier alpha value is -2.88. The number of rotatable bonds is 2. The predicted molar refractivity (Wildman–Crippen MR) is 94.9 cm³/mol. The van der Waals surface area contributed by atoms with Crippen LogP contribution in [0.25, 0.3) is 0 Å². The van der Waals surface area contributed by atoms with Crippen LogP contribution in [0, 0.1) is 12.7 Å². The van der Waals surface area contributed by atoms with Crippen molar-refractivity contribution in [3.63, 3.8) is 0 Å².